The molecule has 2 rings (SSSR count). The Hall–Kier alpha value is -1.09. The van der Waals surface area contributed by atoms with Crippen LogP contribution in [0.25, 0.3) is 0 Å². The van der Waals surface area contributed by atoms with E-state index in [-0.39, 0.29) is 0 Å². The van der Waals surface area contributed by atoms with Crippen molar-refractivity contribution in [3.05, 3.63) is 24.0 Å². The number of hydrogen-bond donors (Lipinski definition) is 2. The van der Waals surface area contributed by atoms with E-state index in [4.69, 9.17) is 0 Å². The molecule has 1 saturated heterocycles. The maximum atomic E-state index is 4.26. The molecule has 1 aliphatic heterocycles. The number of hydrogen-bond acceptors (Lipinski definition) is 3. The third-order valence-electron chi connectivity index (χ3n) is 2.58. The fraction of sp³-hybridized carbons (Fsp3) is 0.545. The van der Waals surface area contributed by atoms with E-state index in [1.54, 1.807) is 0 Å². The minimum atomic E-state index is 0.563. The molecule has 0 saturated carbocycles. The van der Waals surface area contributed by atoms with Crippen molar-refractivity contribution in [3.63, 3.8) is 0 Å². The molecule has 0 aliphatic carbocycles. The summed E-state index contributed by atoms with van der Waals surface area (Å²) < 4.78 is 0. The van der Waals surface area contributed by atoms with E-state index in [9.17, 15) is 0 Å². The van der Waals surface area contributed by atoms with Crippen LogP contribution in [0.5, 0.6) is 0 Å². The Balaban J connectivity index is 1.92. The molecule has 1 aromatic rings. The van der Waals surface area contributed by atoms with Crippen LogP contribution in [0.3, 0.4) is 0 Å². The molecule has 0 aromatic carbocycles. The molecule has 3 heteroatoms. The monoisotopic (exact) mass is 191 g/mol. The third kappa shape index (κ3) is 2.45. The first-order valence-electron chi connectivity index (χ1n) is 5.24. The molecule has 1 aromatic heterocycles. The Kier molecular flexibility index (Phi) is 2.99. The van der Waals surface area contributed by atoms with Crippen LogP contribution < -0.4 is 10.6 Å². The number of piperidine rings is 1. The smallest absolute Gasteiger partial charge is 0.0529 e. The fourth-order valence-electron chi connectivity index (χ4n) is 1.76. The summed E-state index contributed by atoms with van der Waals surface area (Å²) in [5, 5.41) is 6.87. The van der Waals surface area contributed by atoms with E-state index < -0.39 is 0 Å². The van der Waals surface area contributed by atoms with Crippen LogP contribution >= 0.6 is 0 Å². The Morgan fingerprint density at radius 2 is 2.43 bits per heavy atom. The van der Waals surface area contributed by atoms with Gasteiger partial charge in [-0.2, -0.15) is 0 Å². The van der Waals surface area contributed by atoms with Crippen LogP contribution in [0.15, 0.2) is 18.3 Å². The first kappa shape index (κ1) is 9.46. The second-order valence-electron chi connectivity index (χ2n) is 3.88. The maximum absolute atomic E-state index is 4.26. The molecular weight excluding hydrogens is 174 g/mol. The van der Waals surface area contributed by atoms with Gasteiger partial charge in [-0.25, -0.2) is 0 Å². The van der Waals surface area contributed by atoms with Crippen LogP contribution in [-0.4, -0.2) is 24.1 Å². The van der Waals surface area contributed by atoms with Gasteiger partial charge in [0, 0.05) is 18.3 Å². The molecule has 1 unspecified atom stereocenters. The number of rotatable bonds is 2. The molecular formula is C11H17N3. The third-order valence-corrected chi connectivity index (χ3v) is 2.58. The Morgan fingerprint density at radius 3 is 3.07 bits per heavy atom. The highest BCUT2D eigenvalue weighted by molar-refractivity contribution is 5.42. The van der Waals surface area contributed by atoms with Gasteiger partial charge in [0.15, 0.2) is 0 Å². The van der Waals surface area contributed by atoms with E-state index in [0.717, 1.165) is 24.5 Å². The Bertz CT molecular complexity index is 275. The second kappa shape index (κ2) is 4.42. The lowest BCUT2D eigenvalue weighted by atomic mass is 10.1. The summed E-state index contributed by atoms with van der Waals surface area (Å²) in [5.41, 5.74) is 2.20. The second-order valence-corrected chi connectivity index (χ2v) is 3.88. The highest BCUT2D eigenvalue weighted by atomic mass is 15.0. The minimum Gasteiger partial charge on any atom is -0.380 e. The zero-order valence-electron chi connectivity index (χ0n) is 8.59. The molecule has 3 nitrogen and oxygen atoms in total. The van der Waals surface area contributed by atoms with Crippen molar-refractivity contribution < 1.29 is 0 Å². The maximum Gasteiger partial charge on any atom is 0.0529 e. The highest BCUT2D eigenvalue weighted by Crippen LogP contribution is 2.11. The predicted octanol–water partition coefficient (Wildman–Crippen LogP) is 1.55. The van der Waals surface area contributed by atoms with Crippen molar-refractivity contribution in [2.45, 2.75) is 25.8 Å². The average Bonchev–Trinajstić information content (AvgIpc) is 2.23. The first-order valence-corrected chi connectivity index (χ1v) is 5.24. The van der Waals surface area contributed by atoms with Crippen LogP contribution in [0, 0.1) is 6.92 Å². The van der Waals surface area contributed by atoms with Crippen LogP contribution in [0.1, 0.15) is 18.5 Å². The lowest BCUT2D eigenvalue weighted by Gasteiger charge is -2.24. The van der Waals surface area contributed by atoms with E-state index in [0.29, 0.717) is 6.04 Å². The fourth-order valence-corrected chi connectivity index (χ4v) is 1.76. The minimum absolute atomic E-state index is 0.563. The largest absolute Gasteiger partial charge is 0.380 e. The van der Waals surface area contributed by atoms with Crippen molar-refractivity contribution in [2.24, 2.45) is 0 Å². The average molecular weight is 191 g/mol. The summed E-state index contributed by atoms with van der Waals surface area (Å²) in [4.78, 5) is 4.26. The van der Waals surface area contributed by atoms with Gasteiger partial charge in [0.1, 0.15) is 0 Å². The molecule has 2 heterocycles. The molecule has 2 N–H and O–H groups in total. The van der Waals surface area contributed by atoms with Gasteiger partial charge in [0.05, 0.1) is 11.9 Å². The summed E-state index contributed by atoms with van der Waals surface area (Å²) >= 11 is 0. The lowest BCUT2D eigenvalue weighted by molar-refractivity contribution is 0.480. The molecule has 1 aliphatic rings. The molecule has 14 heavy (non-hydrogen) atoms. The van der Waals surface area contributed by atoms with Gasteiger partial charge in [-0.3, -0.25) is 4.98 Å². The topological polar surface area (TPSA) is 37.0 Å². The SMILES string of the molecule is Cc1ccc(NC2CCCNC2)cn1. The molecule has 0 amide bonds. The number of aromatic nitrogens is 1. The van der Waals surface area contributed by atoms with Gasteiger partial charge in [0.25, 0.3) is 0 Å². The van der Waals surface area contributed by atoms with Gasteiger partial charge >= 0.3 is 0 Å². The molecule has 1 fully saturated rings. The molecule has 76 valence electrons. The van der Waals surface area contributed by atoms with Gasteiger partial charge in [-0.05, 0) is 38.4 Å². The van der Waals surface area contributed by atoms with Crippen molar-refractivity contribution >= 4 is 5.69 Å². The predicted molar refractivity (Wildman–Crippen MR) is 58.5 cm³/mol. The van der Waals surface area contributed by atoms with E-state index in [1.807, 2.05) is 19.2 Å². The van der Waals surface area contributed by atoms with Crippen LogP contribution in [0.4, 0.5) is 5.69 Å². The van der Waals surface area contributed by atoms with Gasteiger partial charge in [0.2, 0.25) is 0 Å². The highest BCUT2D eigenvalue weighted by Gasteiger charge is 2.11. The number of nitrogens with one attached hydrogen (secondary N) is 2. The van der Waals surface area contributed by atoms with E-state index in [2.05, 4.69) is 21.7 Å². The Morgan fingerprint density at radius 1 is 1.50 bits per heavy atom. The number of anilines is 1. The van der Waals surface area contributed by atoms with Crippen molar-refractivity contribution in [1.82, 2.24) is 10.3 Å². The number of aryl methyl sites for hydroxylation is 1. The zero-order valence-corrected chi connectivity index (χ0v) is 8.59. The first-order chi connectivity index (χ1) is 6.84. The van der Waals surface area contributed by atoms with Crippen molar-refractivity contribution in [1.29, 1.82) is 0 Å². The summed E-state index contributed by atoms with van der Waals surface area (Å²) in [6, 6.07) is 4.70. The van der Waals surface area contributed by atoms with Crippen LogP contribution in [0.2, 0.25) is 0 Å². The number of nitrogens with zero attached hydrogens (tertiary/aromatic N) is 1. The van der Waals surface area contributed by atoms with Gasteiger partial charge in [-0.1, -0.05) is 0 Å². The van der Waals surface area contributed by atoms with Crippen LogP contribution in [-0.2, 0) is 0 Å². The van der Waals surface area contributed by atoms with Gasteiger partial charge < -0.3 is 10.6 Å². The summed E-state index contributed by atoms with van der Waals surface area (Å²) in [6.45, 7) is 4.23. The van der Waals surface area contributed by atoms with Crippen molar-refractivity contribution in [3.8, 4) is 0 Å². The standard InChI is InChI=1S/C11H17N3/c1-9-4-5-11(8-13-9)14-10-3-2-6-12-7-10/h4-5,8,10,12,14H,2-3,6-7H2,1H3. The Labute approximate surface area is 84.9 Å². The normalized spacial score (nSPS) is 21.9. The lowest BCUT2D eigenvalue weighted by Crippen LogP contribution is -2.38. The quantitative estimate of drug-likeness (QED) is 0.744. The van der Waals surface area contributed by atoms with Gasteiger partial charge in [-0.15, -0.1) is 0 Å². The zero-order chi connectivity index (χ0) is 9.80. The van der Waals surface area contributed by atoms with E-state index in [1.165, 1.54) is 12.8 Å². The molecule has 1 atom stereocenters. The molecule has 0 bridgehead atoms. The molecule has 0 radical (unpaired) electrons. The number of pyridine rings is 1. The summed E-state index contributed by atoms with van der Waals surface area (Å²) in [5.74, 6) is 0. The van der Waals surface area contributed by atoms with E-state index >= 15 is 0 Å². The summed E-state index contributed by atoms with van der Waals surface area (Å²) in [6.07, 6.45) is 4.42. The molecule has 0 spiro atoms. The van der Waals surface area contributed by atoms with Crippen molar-refractivity contribution in [2.75, 3.05) is 18.4 Å². The summed E-state index contributed by atoms with van der Waals surface area (Å²) in [7, 11) is 0.